The average Bonchev–Trinajstić information content (AvgIpc) is 2.48. The van der Waals surface area contributed by atoms with Crippen LogP contribution in [0.5, 0.6) is 5.75 Å². The number of ether oxygens (including phenoxy) is 1. The molecule has 1 atom stereocenters. The lowest BCUT2D eigenvalue weighted by Crippen LogP contribution is -2.20. The van der Waals surface area contributed by atoms with Crippen LogP contribution in [0.3, 0.4) is 0 Å². The highest BCUT2D eigenvalue weighted by Crippen LogP contribution is 2.21. The Hall–Kier alpha value is -1.79. The van der Waals surface area contributed by atoms with Crippen LogP contribution in [0.25, 0.3) is 0 Å². The Morgan fingerprint density at radius 1 is 1.10 bits per heavy atom. The van der Waals surface area contributed by atoms with E-state index in [9.17, 15) is 13.9 Å². The van der Waals surface area contributed by atoms with Crippen molar-refractivity contribution in [3.63, 3.8) is 0 Å². The zero-order chi connectivity index (χ0) is 15.2. The van der Waals surface area contributed by atoms with Crippen LogP contribution in [0.1, 0.15) is 0 Å². The van der Waals surface area contributed by atoms with E-state index in [1.807, 2.05) is 0 Å². The highest BCUT2D eigenvalue weighted by molar-refractivity contribution is 7.99. The first-order valence-corrected chi connectivity index (χ1v) is 7.27. The fraction of sp³-hybridized carbons (Fsp3) is 0.200. The first-order chi connectivity index (χ1) is 10.0. The molecule has 0 bridgehead atoms. The summed E-state index contributed by atoms with van der Waals surface area (Å²) in [6, 6.07) is 10.5. The lowest BCUT2D eigenvalue weighted by atomic mass is 10.3. The molecule has 0 aliphatic rings. The number of nitrogen functional groups attached to an aromatic ring is 1. The molecule has 6 heteroatoms. The standard InChI is InChI=1S/C15H15F2NO2S/c16-14-6-5-13(7-15(14)17)21-9-11(19)8-20-12-3-1-10(18)2-4-12/h1-7,11,19H,8-9,18H2. The Labute approximate surface area is 125 Å². The van der Waals surface area contributed by atoms with Crippen LogP contribution in [0.15, 0.2) is 47.4 Å². The van der Waals surface area contributed by atoms with Crippen LogP contribution in [0, 0.1) is 11.6 Å². The Balaban J connectivity index is 1.77. The molecule has 1 unspecified atom stereocenters. The van der Waals surface area contributed by atoms with Gasteiger partial charge in [-0.1, -0.05) is 0 Å². The molecule has 0 aliphatic carbocycles. The van der Waals surface area contributed by atoms with Gasteiger partial charge in [0.25, 0.3) is 0 Å². The molecule has 3 N–H and O–H groups in total. The smallest absolute Gasteiger partial charge is 0.159 e. The number of rotatable bonds is 6. The van der Waals surface area contributed by atoms with Crippen LogP contribution < -0.4 is 10.5 Å². The molecular weight excluding hydrogens is 296 g/mol. The number of thioether (sulfide) groups is 1. The molecule has 0 aromatic heterocycles. The zero-order valence-corrected chi connectivity index (χ0v) is 11.9. The van der Waals surface area contributed by atoms with Crippen molar-refractivity contribution in [3.05, 3.63) is 54.1 Å². The number of hydrogen-bond donors (Lipinski definition) is 2. The van der Waals surface area contributed by atoms with Gasteiger partial charge < -0.3 is 15.6 Å². The molecule has 0 radical (unpaired) electrons. The first-order valence-electron chi connectivity index (χ1n) is 6.29. The quantitative estimate of drug-likeness (QED) is 0.636. The van der Waals surface area contributed by atoms with Gasteiger partial charge in [0.05, 0.1) is 6.10 Å². The third kappa shape index (κ3) is 4.91. The van der Waals surface area contributed by atoms with E-state index in [1.54, 1.807) is 24.3 Å². The molecular formula is C15H15F2NO2S. The molecule has 2 rings (SSSR count). The molecule has 0 amide bonds. The monoisotopic (exact) mass is 311 g/mol. The molecule has 0 heterocycles. The van der Waals surface area contributed by atoms with Crippen molar-refractivity contribution in [2.75, 3.05) is 18.1 Å². The van der Waals surface area contributed by atoms with Crippen LogP contribution in [0.2, 0.25) is 0 Å². The molecule has 21 heavy (non-hydrogen) atoms. The zero-order valence-electron chi connectivity index (χ0n) is 11.1. The van der Waals surface area contributed by atoms with Crippen molar-refractivity contribution in [1.82, 2.24) is 0 Å². The molecule has 112 valence electrons. The highest BCUT2D eigenvalue weighted by Gasteiger charge is 2.08. The van der Waals surface area contributed by atoms with Crippen LogP contribution in [-0.4, -0.2) is 23.6 Å². The van der Waals surface area contributed by atoms with Gasteiger partial charge in [0.2, 0.25) is 0 Å². The molecule has 0 saturated carbocycles. The van der Waals surface area contributed by atoms with Crippen molar-refractivity contribution in [2.45, 2.75) is 11.0 Å². The summed E-state index contributed by atoms with van der Waals surface area (Å²) < 4.78 is 31.2. The maximum Gasteiger partial charge on any atom is 0.159 e. The van der Waals surface area contributed by atoms with E-state index in [2.05, 4.69) is 0 Å². The lowest BCUT2D eigenvalue weighted by Gasteiger charge is -2.12. The van der Waals surface area contributed by atoms with Gasteiger partial charge in [-0.15, -0.1) is 11.8 Å². The summed E-state index contributed by atoms with van der Waals surface area (Å²) in [6.07, 6.45) is -0.722. The van der Waals surface area contributed by atoms with Crippen molar-refractivity contribution >= 4 is 17.4 Å². The summed E-state index contributed by atoms with van der Waals surface area (Å²) in [4.78, 5) is 0.556. The summed E-state index contributed by atoms with van der Waals surface area (Å²) >= 11 is 1.23. The summed E-state index contributed by atoms with van der Waals surface area (Å²) in [5.41, 5.74) is 6.19. The molecule has 0 spiro atoms. The number of halogens is 2. The van der Waals surface area contributed by atoms with Gasteiger partial charge in [-0.3, -0.25) is 0 Å². The second-order valence-corrected chi connectivity index (χ2v) is 5.51. The fourth-order valence-corrected chi connectivity index (χ4v) is 2.40. The topological polar surface area (TPSA) is 55.5 Å². The summed E-state index contributed by atoms with van der Waals surface area (Å²) in [5, 5.41) is 9.81. The minimum absolute atomic E-state index is 0.112. The SMILES string of the molecule is Nc1ccc(OCC(O)CSc2ccc(F)c(F)c2)cc1. The number of aliphatic hydroxyl groups is 1. The minimum atomic E-state index is -0.896. The van der Waals surface area contributed by atoms with Gasteiger partial charge in [0.1, 0.15) is 12.4 Å². The van der Waals surface area contributed by atoms with Gasteiger partial charge in [-0.25, -0.2) is 8.78 Å². The number of hydrogen-bond acceptors (Lipinski definition) is 4. The Bertz CT molecular complexity index is 593. The van der Waals surface area contributed by atoms with E-state index < -0.39 is 17.7 Å². The highest BCUT2D eigenvalue weighted by atomic mass is 32.2. The largest absolute Gasteiger partial charge is 0.491 e. The molecule has 2 aromatic carbocycles. The van der Waals surface area contributed by atoms with E-state index in [1.165, 1.54) is 17.8 Å². The summed E-state index contributed by atoms with van der Waals surface area (Å²) in [6.45, 7) is 0.112. The van der Waals surface area contributed by atoms with Gasteiger partial charge in [-0.2, -0.15) is 0 Å². The van der Waals surface area contributed by atoms with Gasteiger partial charge in [-0.05, 0) is 42.5 Å². The molecule has 0 saturated heterocycles. The van der Waals surface area contributed by atoms with E-state index in [0.29, 0.717) is 22.1 Å². The van der Waals surface area contributed by atoms with Crippen LogP contribution >= 0.6 is 11.8 Å². The third-order valence-corrected chi connectivity index (χ3v) is 3.79. The number of anilines is 1. The molecule has 0 fully saturated rings. The van der Waals surface area contributed by atoms with Crippen molar-refractivity contribution in [1.29, 1.82) is 0 Å². The van der Waals surface area contributed by atoms with E-state index in [0.717, 1.165) is 12.1 Å². The average molecular weight is 311 g/mol. The third-order valence-electron chi connectivity index (χ3n) is 2.66. The lowest BCUT2D eigenvalue weighted by molar-refractivity contribution is 0.126. The number of nitrogens with two attached hydrogens (primary N) is 1. The van der Waals surface area contributed by atoms with Gasteiger partial charge >= 0.3 is 0 Å². The molecule has 0 aliphatic heterocycles. The summed E-state index contributed by atoms with van der Waals surface area (Å²) in [5.74, 6) is -0.847. The van der Waals surface area contributed by atoms with Gasteiger partial charge in [0.15, 0.2) is 11.6 Å². The minimum Gasteiger partial charge on any atom is -0.491 e. The van der Waals surface area contributed by atoms with Crippen LogP contribution in [-0.2, 0) is 0 Å². The van der Waals surface area contributed by atoms with E-state index >= 15 is 0 Å². The van der Waals surface area contributed by atoms with Crippen molar-refractivity contribution < 1.29 is 18.6 Å². The number of benzene rings is 2. The predicted molar refractivity (Wildman–Crippen MR) is 79.4 cm³/mol. The maximum atomic E-state index is 13.0. The molecule has 2 aromatic rings. The number of aliphatic hydroxyl groups excluding tert-OH is 1. The van der Waals surface area contributed by atoms with Gasteiger partial charge in [0, 0.05) is 16.3 Å². The maximum absolute atomic E-state index is 13.0. The van der Waals surface area contributed by atoms with E-state index in [4.69, 9.17) is 10.5 Å². The van der Waals surface area contributed by atoms with E-state index in [-0.39, 0.29) is 6.61 Å². The Kier molecular flexibility index (Phi) is 5.41. The Morgan fingerprint density at radius 2 is 1.81 bits per heavy atom. The molecule has 3 nitrogen and oxygen atoms in total. The van der Waals surface area contributed by atoms with Crippen molar-refractivity contribution in [3.8, 4) is 5.75 Å². The predicted octanol–water partition coefficient (Wildman–Crippen LogP) is 3.08. The second kappa shape index (κ2) is 7.28. The van der Waals surface area contributed by atoms with Crippen molar-refractivity contribution in [2.24, 2.45) is 0 Å². The Morgan fingerprint density at radius 3 is 2.48 bits per heavy atom. The fourth-order valence-electron chi connectivity index (χ4n) is 1.56. The summed E-state index contributed by atoms with van der Waals surface area (Å²) in [7, 11) is 0. The second-order valence-electron chi connectivity index (χ2n) is 4.42. The first kappa shape index (κ1) is 15.6. The normalized spacial score (nSPS) is 12.1. The van der Waals surface area contributed by atoms with Crippen LogP contribution in [0.4, 0.5) is 14.5 Å².